The van der Waals surface area contributed by atoms with E-state index >= 15 is 0 Å². The van der Waals surface area contributed by atoms with E-state index in [-0.39, 0.29) is 5.69 Å². The zero-order valence-electron chi connectivity index (χ0n) is 14.8. The topological polar surface area (TPSA) is 67.2 Å². The first-order valence-corrected chi connectivity index (χ1v) is 8.60. The minimum absolute atomic E-state index is 0.326. The number of para-hydroxylation sites is 3. The van der Waals surface area contributed by atoms with Crippen LogP contribution in [-0.2, 0) is 6.18 Å². The van der Waals surface area contributed by atoms with Crippen molar-refractivity contribution < 1.29 is 22.4 Å². The van der Waals surface area contributed by atoms with Gasteiger partial charge in [0.15, 0.2) is 5.58 Å². The number of alkyl halides is 3. The molecule has 0 atom stereocenters. The number of oxazole rings is 1. The summed E-state index contributed by atoms with van der Waals surface area (Å²) in [6.07, 6.45) is -4.57. The van der Waals surface area contributed by atoms with Gasteiger partial charge in [-0.15, -0.1) is 0 Å². The van der Waals surface area contributed by atoms with Gasteiger partial charge in [0.05, 0.1) is 11.3 Å². The van der Waals surface area contributed by atoms with Gasteiger partial charge in [0, 0.05) is 11.3 Å². The summed E-state index contributed by atoms with van der Waals surface area (Å²) in [7, 11) is 0. The van der Waals surface area contributed by atoms with Gasteiger partial charge in [-0.1, -0.05) is 30.3 Å². The van der Waals surface area contributed by atoms with Crippen LogP contribution in [0, 0.1) is 0 Å². The first-order valence-electron chi connectivity index (χ1n) is 8.60. The van der Waals surface area contributed by atoms with E-state index in [1.165, 1.54) is 18.2 Å². The fraction of sp³-hybridized carbons (Fsp3) is 0.0476. The highest BCUT2D eigenvalue weighted by atomic mass is 19.4. The molecule has 0 aliphatic carbocycles. The fourth-order valence-corrected chi connectivity index (χ4v) is 2.85. The normalized spacial score (nSPS) is 11.4. The second-order valence-electron chi connectivity index (χ2n) is 6.19. The number of anilines is 2. The van der Waals surface area contributed by atoms with E-state index in [0.29, 0.717) is 28.2 Å². The molecule has 29 heavy (non-hydrogen) atoms. The summed E-state index contributed by atoms with van der Waals surface area (Å²) in [5.41, 5.74) is 1.08. The zero-order valence-corrected chi connectivity index (χ0v) is 14.8. The van der Waals surface area contributed by atoms with E-state index in [1.54, 1.807) is 30.3 Å². The Morgan fingerprint density at radius 1 is 0.897 bits per heavy atom. The summed E-state index contributed by atoms with van der Waals surface area (Å²) in [6, 6.07) is 17.9. The molecule has 0 aliphatic rings. The minimum Gasteiger partial charge on any atom is -0.436 e. The number of aromatic nitrogens is 1. The number of nitrogens with one attached hydrogen (secondary N) is 2. The molecule has 0 radical (unpaired) electrons. The standard InChI is InChI=1S/C21H14F3N3O2/c22-21(23,24)15-8-1-2-9-16(15)27-20(28)25-14-7-5-6-13(12-14)19-26-17-10-3-4-11-18(17)29-19/h1-12H,(H2,25,27,28). The predicted octanol–water partition coefficient (Wildman–Crippen LogP) is 6.16. The number of fused-ring (bicyclic) bond motifs is 1. The molecule has 2 N–H and O–H groups in total. The van der Waals surface area contributed by atoms with Gasteiger partial charge in [0.25, 0.3) is 0 Å². The summed E-state index contributed by atoms with van der Waals surface area (Å²) in [5, 5.41) is 4.76. The zero-order chi connectivity index (χ0) is 20.4. The number of benzene rings is 3. The van der Waals surface area contributed by atoms with Gasteiger partial charge in [0.1, 0.15) is 5.52 Å². The van der Waals surface area contributed by atoms with Crippen LogP contribution in [0.25, 0.3) is 22.6 Å². The van der Waals surface area contributed by atoms with Crippen molar-refractivity contribution in [2.45, 2.75) is 6.18 Å². The minimum atomic E-state index is -4.57. The molecule has 0 fully saturated rings. The number of carbonyl (C=O) groups excluding carboxylic acids is 1. The van der Waals surface area contributed by atoms with Crippen LogP contribution >= 0.6 is 0 Å². The lowest BCUT2D eigenvalue weighted by molar-refractivity contribution is -0.136. The predicted molar refractivity (Wildman–Crippen MR) is 104 cm³/mol. The van der Waals surface area contributed by atoms with Gasteiger partial charge in [-0.05, 0) is 42.5 Å². The second kappa shape index (κ2) is 7.31. The van der Waals surface area contributed by atoms with Crippen LogP contribution in [0.3, 0.4) is 0 Å². The van der Waals surface area contributed by atoms with Crippen molar-refractivity contribution >= 4 is 28.5 Å². The van der Waals surface area contributed by atoms with Crippen LogP contribution in [0.2, 0.25) is 0 Å². The van der Waals surface area contributed by atoms with Gasteiger partial charge in [-0.2, -0.15) is 13.2 Å². The third-order valence-corrected chi connectivity index (χ3v) is 4.14. The summed E-state index contributed by atoms with van der Waals surface area (Å²) >= 11 is 0. The lowest BCUT2D eigenvalue weighted by Crippen LogP contribution is -2.21. The number of halogens is 3. The number of carbonyl (C=O) groups is 1. The molecule has 8 heteroatoms. The highest BCUT2D eigenvalue weighted by molar-refractivity contribution is 6.00. The Morgan fingerprint density at radius 2 is 1.66 bits per heavy atom. The molecule has 5 nitrogen and oxygen atoms in total. The van der Waals surface area contributed by atoms with E-state index < -0.39 is 17.8 Å². The number of nitrogens with zero attached hydrogens (tertiary/aromatic N) is 1. The number of hydrogen-bond donors (Lipinski definition) is 2. The number of amides is 2. The second-order valence-corrected chi connectivity index (χ2v) is 6.19. The summed E-state index contributed by atoms with van der Waals surface area (Å²) < 4.78 is 44.9. The quantitative estimate of drug-likeness (QED) is 0.435. The number of hydrogen-bond acceptors (Lipinski definition) is 3. The number of urea groups is 1. The first-order chi connectivity index (χ1) is 13.9. The average molecular weight is 397 g/mol. The molecule has 0 saturated carbocycles. The Morgan fingerprint density at radius 3 is 2.45 bits per heavy atom. The van der Waals surface area contributed by atoms with Crippen LogP contribution < -0.4 is 10.6 Å². The van der Waals surface area contributed by atoms with Crippen molar-refractivity contribution in [3.63, 3.8) is 0 Å². The molecule has 0 saturated heterocycles. The van der Waals surface area contributed by atoms with Crippen LogP contribution in [0.1, 0.15) is 5.56 Å². The third-order valence-electron chi connectivity index (χ3n) is 4.14. The van der Waals surface area contributed by atoms with E-state index in [4.69, 9.17) is 4.42 Å². The summed E-state index contributed by atoms with van der Waals surface area (Å²) in [6.45, 7) is 0. The molecule has 1 heterocycles. The van der Waals surface area contributed by atoms with Crippen molar-refractivity contribution in [1.29, 1.82) is 0 Å². The average Bonchev–Trinajstić information content (AvgIpc) is 3.12. The lowest BCUT2D eigenvalue weighted by atomic mass is 10.1. The molecule has 4 aromatic rings. The van der Waals surface area contributed by atoms with E-state index in [2.05, 4.69) is 15.6 Å². The van der Waals surface area contributed by atoms with Gasteiger partial charge in [0.2, 0.25) is 5.89 Å². The monoisotopic (exact) mass is 397 g/mol. The van der Waals surface area contributed by atoms with Crippen LogP contribution in [0.15, 0.2) is 77.2 Å². The highest BCUT2D eigenvalue weighted by Crippen LogP contribution is 2.34. The van der Waals surface area contributed by atoms with E-state index in [0.717, 1.165) is 6.07 Å². The van der Waals surface area contributed by atoms with Crippen molar-refractivity contribution in [3.8, 4) is 11.5 Å². The van der Waals surface area contributed by atoms with Crippen LogP contribution in [0.4, 0.5) is 29.3 Å². The highest BCUT2D eigenvalue weighted by Gasteiger charge is 2.33. The van der Waals surface area contributed by atoms with Gasteiger partial charge in [-0.3, -0.25) is 0 Å². The molecule has 2 amide bonds. The fourth-order valence-electron chi connectivity index (χ4n) is 2.85. The summed E-state index contributed by atoms with van der Waals surface area (Å²) in [4.78, 5) is 16.6. The van der Waals surface area contributed by atoms with Gasteiger partial charge in [-0.25, -0.2) is 9.78 Å². The lowest BCUT2D eigenvalue weighted by Gasteiger charge is -2.14. The molecule has 0 aliphatic heterocycles. The van der Waals surface area contributed by atoms with Crippen molar-refractivity contribution in [2.75, 3.05) is 10.6 Å². The van der Waals surface area contributed by atoms with Crippen LogP contribution in [-0.4, -0.2) is 11.0 Å². The Bertz CT molecular complexity index is 1150. The molecule has 0 bridgehead atoms. The van der Waals surface area contributed by atoms with Crippen molar-refractivity contribution in [2.24, 2.45) is 0 Å². The molecule has 4 rings (SSSR count). The molecule has 3 aromatic carbocycles. The smallest absolute Gasteiger partial charge is 0.418 e. The van der Waals surface area contributed by atoms with Gasteiger partial charge < -0.3 is 15.1 Å². The molecule has 0 unspecified atom stereocenters. The molecule has 0 spiro atoms. The maximum atomic E-state index is 13.1. The maximum Gasteiger partial charge on any atom is 0.418 e. The Balaban J connectivity index is 1.53. The van der Waals surface area contributed by atoms with E-state index in [1.807, 2.05) is 18.2 Å². The molecule has 1 aromatic heterocycles. The Hall–Kier alpha value is -3.81. The largest absolute Gasteiger partial charge is 0.436 e. The first kappa shape index (κ1) is 18.5. The molecular formula is C21H14F3N3O2. The Kier molecular flexibility index (Phi) is 4.67. The van der Waals surface area contributed by atoms with Crippen LogP contribution in [0.5, 0.6) is 0 Å². The molecule has 146 valence electrons. The van der Waals surface area contributed by atoms with Gasteiger partial charge >= 0.3 is 12.2 Å². The number of rotatable bonds is 3. The Labute approximate surface area is 163 Å². The van der Waals surface area contributed by atoms with Crippen molar-refractivity contribution in [1.82, 2.24) is 4.98 Å². The van der Waals surface area contributed by atoms with E-state index in [9.17, 15) is 18.0 Å². The molecular weight excluding hydrogens is 383 g/mol. The summed E-state index contributed by atoms with van der Waals surface area (Å²) in [5.74, 6) is 0.373. The van der Waals surface area contributed by atoms with Crippen molar-refractivity contribution in [3.05, 3.63) is 78.4 Å². The maximum absolute atomic E-state index is 13.1. The third kappa shape index (κ3) is 4.06. The SMILES string of the molecule is O=C(Nc1cccc(-c2nc3ccccc3o2)c1)Nc1ccccc1C(F)(F)F.